The van der Waals surface area contributed by atoms with Crippen molar-refractivity contribution in [3.8, 4) is 5.75 Å². The quantitative estimate of drug-likeness (QED) is 0.253. The zero-order valence-corrected chi connectivity index (χ0v) is 23.5. The summed E-state index contributed by atoms with van der Waals surface area (Å²) in [4.78, 5) is 45.7. The molecule has 4 atom stereocenters. The molecule has 4 aromatic rings. The number of carbonyl (C=O) groups is 3. The number of anilines is 1. The van der Waals surface area contributed by atoms with Crippen molar-refractivity contribution in [2.24, 2.45) is 5.92 Å². The molecule has 3 aliphatic rings. The summed E-state index contributed by atoms with van der Waals surface area (Å²) in [6.07, 6.45) is 4.58. The first kappa shape index (κ1) is 26.8. The van der Waals surface area contributed by atoms with Gasteiger partial charge in [-0.15, -0.1) is 0 Å². The monoisotopic (exact) mass is 572 g/mol. The van der Waals surface area contributed by atoms with E-state index in [1.54, 1.807) is 24.3 Å². The number of amides is 1. The Morgan fingerprint density at radius 1 is 0.884 bits per heavy atom. The molecule has 0 radical (unpaired) electrons. The fourth-order valence-electron chi connectivity index (χ4n) is 7.07. The minimum absolute atomic E-state index is 0.266. The predicted molar refractivity (Wildman–Crippen MR) is 161 cm³/mol. The summed E-state index contributed by atoms with van der Waals surface area (Å²) >= 11 is 0. The van der Waals surface area contributed by atoms with Crippen molar-refractivity contribution in [1.29, 1.82) is 0 Å². The summed E-state index contributed by atoms with van der Waals surface area (Å²) in [7, 11) is 0. The van der Waals surface area contributed by atoms with E-state index in [0.717, 1.165) is 17.5 Å². The number of para-hydroxylation sites is 1. The molecule has 0 aliphatic carbocycles. The summed E-state index contributed by atoms with van der Waals surface area (Å²) in [6.45, 7) is 2.56. The van der Waals surface area contributed by atoms with Crippen LogP contribution in [0.15, 0.2) is 103 Å². The smallest absolute Gasteiger partial charge is 0.238 e. The maximum absolute atomic E-state index is 14.9. The second kappa shape index (κ2) is 10.3. The van der Waals surface area contributed by atoms with Crippen LogP contribution in [-0.2, 0) is 10.2 Å². The van der Waals surface area contributed by atoms with Gasteiger partial charge in [-0.3, -0.25) is 14.4 Å². The van der Waals surface area contributed by atoms with Crippen LogP contribution >= 0.6 is 0 Å². The summed E-state index contributed by atoms with van der Waals surface area (Å²) in [5.41, 5.74) is 2.28. The molecule has 0 aromatic heterocycles. The number of benzene rings is 4. The van der Waals surface area contributed by atoms with E-state index in [9.17, 15) is 18.8 Å². The zero-order valence-electron chi connectivity index (χ0n) is 23.5. The Hall–Kier alpha value is -5.04. The Morgan fingerprint density at radius 3 is 2.33 bits per heavy atom. The van der Waals surface area contributed by atoms with Crippen molar-refractivity contribution in [3.05, 3.63) is 137 Å². The summed E-state index contributed by atoms with van der Waals surface area (Å²) in [5.74, 6) is -1.94. The van der Waals surface area contributed by atoms with Gasteiger partial charge in [0.2, 0.25) is 5.91 Å². The molecule has 4 unspecified atom stereocenters. The molecule has 4 aromatic carbocycles. The van der Waals surface area contributed by atoms with E-state index in [1.165, 1.54) is 24.3 Å². The van der Waals surface area contributed by atoms with E-state index in [1.807, 2.05) is 72.6 Å². The van der Waals surface area contributed by atoms with E-state index in [0.29, 0.717) is 29.2 Å². The highest BCUT2D eigenvalue weighted by atomic mass is 19.1. The van der Waals surface area contributed by atoms with Crippen molar-refractivity contribution in [3.63, 3.8) is 0 Å². The number of ether oxygens (including phenoxy) is 1. The molecule has 214 valence electrons. The van der Waals surface area contributed by atoms with Crippen molar-refractivity contribution < 1.29 is 23.5 Å². The van der Waals surface area contributed by atoms with E-state index in [-0.39, 0.29) is 23.0 Å². The van der Waals surface area contributed by atoms with Gasteiger partial charge in [0, 0.05) is 23.0 Å². The highest BCUT2D eigenvalue weighted by Gasteiger charge is 2.70. The van der Waals surface area contributed by atoms with Crippen LogP contribution in [-0.4, -0.2) is 35.0 Å². The number of hydrogen-bond acceptors (Lipinski definition) is 5. The lowest BCUT2D eigenvalue weighted by molar-refractivity contribution is -0.122. The molecule has 1 saturated heterocycles. The summed E-state index contributed by atoms with van der Waals surface area (Å²) < 4.78 is 19.6. The molecule has 7 heteroatoms. The molecule has 1 amide bonds. The van der Waals surface area contributed by atoms with Crippen LogP contribution in [0, 0.1) is 11.7 Å². The first-order valence-electron chi connectivity index (χ1n) is 14.5. The average molecular weight is 573 g/mol. The SMILES string of the molecule is CCCOc1ccc(C(=O)C2C(C(=O)c3ccc(F)cc3)N3C=Cc4ccccc4C3C23C(=O)Nc2ccccc23)cc1. The first-order chi connectivity index (χ1) is 20.9. The van der Waals surface area contributed by atoms with Crippen LogP contribution in [0.5, 0.6) is 5.75 Å². The topological polar surface area (TPSA) is 75.7 Å². The lowest BCUT2D eigenvalue weighted by Gasteiger charge is -2.38. The van der Waals surface area contributed by atoms with Gasteiger partial charge in [0.05, 0.1) is 18.6 Å². The van der Waals surface area contributed by atoms with Gasteiger partial charge in [0.25, 0.3) is 0 Å². The van der Waals surface area contributed by atoms with Crippen LogP contribution in [0.4, 0.5) is 10.1 Å². The zero-order chi connectivity index (χ0) is 29.7. The summed E-state index contributed by atoms with van der Waals surface area (Å²) in [5, 5.41) is 3.05. The number of nitrogens with zero attached hydrogens (tertiary/aromatic N) is 1. The van der Waals surface area contributed by atoms with Crippen LogP contribution in [0.1, 0.15) is 56.8 Å². The lowest BCUT2D eigenvalue weighted by Crippen LogP contribution is -2.49. The van der Waals surface area contributed by atoms with Crippen molar-refractivity contribution in [2.45, 2.75) is 30.8 Å². The minimum Gasteiger partial charge on any atom is -0.494 e. The number of nitrogens with one attached hydrogen (secondary N) is 1. The molecular weight excluding hydrogens is 543 g/mol. The predicted octanol–water partition coefficient (Wildman–Crippen LogP) is 6.60. The Morgan fingerprint density at radius 2 is 1.56 bits per heavy atom. The second-order valence-corrected chi connectivity index (χ2v) is 11.2. The number of hydrogen-bond donors (Lipinski definition) is 1. The van der Waals surface area contributed by atoms with Crippen molar-refractivity contribution in [2.75, 3.05) is 11.9 Å². The molecule has 3 aliphatic heterocycles. The number of halogens is 1. The standard InChI is InChI=1S/C36H29FN2O4/c1-2-21-43-26-17-13-23(14-18-26)32(40)30-31(33(41)24-11-15-25(37)16-12-24)39-20-19-22-7-3-4-8-27(22)34(39)36(30)28-9-5-6-10-29(28)38-35(36)42/h3-20,30-31,34H,2,21H2,1H3,(H,38,42). The first-order valence-corrected chi connectivity index (χ1v) is 14.5. The fraction of sp³-hybridized carbons (Fsp3) is 0.194. The van der Waals surface area contributed by atoms with Gasteiger partial charge in [-0.25, -0.2) is 4.39 Å². The van der Waals surface area contributed by atoms with Gasteiger partial charge in [0.1, 0.15) is 23.0 Å². The second-order valence-electron chi connectivity index (χ2n) is 11.2. The molecule has 0 bridgehead atoms. The molecular formula is C36H29FN2O4. The lowest BCUT2D eigenvalue weighted by atomic mass is 9.62. The maximum Gasteiger partial charge on any atom is 0.238 e. The van der Waals surface area contributed by atoms with Gasteiger partial charge in [-0.1, -0.05) is 49.4 Å². The van der Waals surface area contributed by atoms with Gasteiger partial charge in [-0.05, 0) is 83.8 Å². The molecule has 43 heavy (non-hydrogen) atoms. The van der Waals surface area contributed by atoms with E-state index in [4.69, 9.17) is 4.74 Å². The highest BCUT2D eigenvalue weighted by molar-refractivity contribution is 6.16. The van der Waals surface area contributed by atoms with Crippen LogP contribution in [0.2, 0.25) is 0 Å². The fourth-order valence-corrected chi connectivity index (χ4v) is 7.07. The Labute approximate surface area is 248 Å². The number of Topliss-reactive ketones (excluding diaryl/α,β-unsaturated/α-hetero) is 2. The van der Waals surface area contributed by atoms with Gasteiger partial charge in [0.15, 0.2) is 11.6 Å². The Balaban J connectivity index is 1.47. The number of ketones is 2. The van der Waals surface area contributed by atoms with Crippen LogP contribution in [0.25, 0.3) is 6.08 Å². The molecule has 0 saturated carbocycles. The Kier molecular flexibility index (Phi) is 6.46. The summed E-state index contributed by atoms with van der Waals surface area (Å²) in [6, 6.07) is 25.7. The third kappa shape index (κ3) is 4.02. The minimum atomic E-state index is -1.42. The number of carbonyl (C=O) groups excluding carboxylic acids is 3. The Bertz CT molecular complexity index is 1780. The van der Waals surface area contributed by atoms with Gasteiger partial charge >= 0.3 is 0 Å². The molecule has 1 spiro atoms. The van der Waals surface area contributed by atoms with Crippen molar-refractivity contribution in [1.82, 2.24) is 4.90 Å². The van der Waals surface area contributed by atoms with Crippen molar-refractivity contribution >= 4 is 29.2 Å². The van der Waals surface area contributed by atoms with Crippen LogP contribution < -0.4 is 10.1 Å². The average Bonchev–Trinajstić information content (AvgIpc) is 3.52. The third-order valence-electron chi connectivity index (χ3n) is 8.86. The third-order valence-corrected chi connectivity index (χ3v) is 8.86. The van der Waals surface area contributed by atoms with E-state index < -0.39 is 29.2 Å². The number of rotatable bonds is 7. The molecule has 6 nitrogen and oxygen atoms in total. The molecule has 1 fully saturated rings. The van der Waals surface area contributed by atoms with Crippen LogP contribution in [0.3, 0.4) is 0 Å². The largest absolute Gasteiger partial charge is 0.494 e. The molecule has 3 heterocycles. The number of fused-ring (bicyclic) bond motifs is 6. The van der Waals surface area contributed by atoms with Gasteiger partial charge < -0.3 is 15.0 Å². The molecule has 1 N–H and O–H groups in total. The molecule has 7 rings (SSSR count). The normalized spacial score (nSPS) is 23.0. The van der Waals surface area contributed by atoms with Gasteiger partial charge in [-0.2, -0.15) is 0 Å². The highest BCUT2D eigenvalue weighted by Crippen LogP contribution is 2.62. The maximum atomic E-state index is 14.9. The van der Waals surface area contributed by atoms with E-state index in [2.05, 4.69) is 5.32 Å². The van der Waals surface area contributed by atoms with E-state index >= 15 is 0 Å².